The van der Waals surface area contributed by atoms with Crippen LogP contribution in [-0.2, 0) is 11.4 Å². The minimum atomic E-state index is -0.640. The van der Waals surface area contributed by atoms with Gasteiger partial charge in [0.25, 0.3) is 0 Å². The van der Waals surface area contributed by atoms with Gasteiger partial charge in [-0.15, -0.1) is 0 Å². The van der Waals surface area contributed by atoms with Gasteiger partial charge in [-0.1, -0.05) is 30.3 Å². The first-order valence-corrected chi connectivity index (χ1v) is 10.5. The van der Waals surface area contributed by atoms with Crippen molar-refractivity contribution in [2.45, 2.75) is 33.4 Å². The molecule has 3 rings (SSSR count). The zero-order chi connectivity index (χ0) is 23.4. The van der Waals surface area contributed by atoms with Crippen LogP contribution in [0.15, 0.2) is 53.7 Å². The molecule has 2 aromatic carbocycles. The predicted octanol–water partition coefficient (Wildman–Crippen LogP) is 4.30. The normalized spacial score (nSPS) is 15.9. The van der Waals surface area contributed by atoms with Gasteiger partial charge < -0.3 is 19.7 Å². The number of ketones is 1. The third-order valence-corrected chi connectivity index (χ3v) is 5.66. The van der Waals surface area contributed by atoms with Crippen molar-refractivity contribution in [3.05, 3.63) is 75.0 Å². The number of methoxy groups -OCH3 is 1. The third-order valence-electron chi connectivity index (χ3n) is 5.33. The summed E-state index contributed by atoms with van der Waals surface area (Å²) >= 11 is 5.47. The molecule has 0 radical (unpaired) electrons. The van der Waals surface area contributed by atoms with Gasteiger partial charge in [-0.2, -0.15) is 0 Å². The van der Waals surface area contributed by atoms with Crippen LogP contribution in [0.25, 0.3) is 0 Å². The fourth-order valence-electron chi connectivity index (χ4n) is 3.81. The van der Waals surface area contributed by atoms with E-state index in [-0.39, 0.29) is 29.6 Å². The molecule has 0 fully saturated rings. The Kier molecular flexibility index (Phi) is 7.09. The molecule has 1 N–H and O–H groups in total. The summed E-state index contributed by atoms with van der Waals surface area (Å²) in [4.78, 5) is 25.7. The number of hydrogen-bond donors (Lipinski definition) is 1. The van der Waals surface area contributed by atoms with Crippen molar-refractivity contribution in [1.29, 1.82) is 0 Å². The van der Waals surface area contributed by atoms with E-state index in [4.69, 9.17) is 21.7 Å². The fraction of sp³-hybridized carbons (Fsp3) is 0.304. The first-order chi connectivity index (χ1) is 15.3. The number of allylic oxidation sites excluding steroid dienone is 1. The lowest BCUT2D eigenvalue weighted by atomic mass is 9.92. The average Bonchev–Trinajstić information content (AvgIpc) is 2.77. The number of benzene rings is 2. The van der Waals surface area contributed by atoms with Gasteiger partial charge in [-0.25, -0.2) is 0 Å². The molecule has 0 aliphatic carbocycles. The van der Waals surface area contributed by atoms with Crippen LogP contribution < -0.4 is 14.8 Å². The second kappa shape index (κ2) is 9.78. The maximum Gasteiger partial charge on any atom is 0.315 e. The highest BCUT2D eigenvalue weighted by molar-refractivity contribution is 7.80. The van der Waals surface area contributed by atoms with Crippen LogP contribution in [0.3, 0.4) is 0 Å². The number of ether oxygens (including phenoxy) is 2. The molecule has 9 heteroatoms. The standard InChI is InChI=1S/C23H25N3O5S/c1-5-25-14(2)20(15(3)27)21(24-23(25)32)17-11-18(26(28)29)22(19(12-17)30-4)31-13-16-9-7-6-8-10-16/h6-12,21H,5,13H2,1-4H3,(H,24,32). The molecule has 0 aromatic heterocycles. The lowest BCUT2D eigenvalue weighted by Gasteiger charge is -2.37. The Hall–Kier alpha value is -3.46. The maximum absolute atomic E-state index is 12.5. The second-order valence-electron chi connectivity index (χ2n) is 7.28. The SMILES string of the molecule is CCN1C(=S)NC(c2cc(OC)c(OCc3ccccc3)c([N+](=O)[O-])c2)C(C(C)=O)=C1C. The van der Waals surface area contributed by atoms with Crippen molar-refractivity contribution in [3.8, 4) is 11.5 Å². The van der Waals surface area contributed by atoms with Gasteiger partial charge in [-0.05, 0) is 50.2 Å². The first-order valence-electron chi connectivity index (χ1n) is 10.1. The van der Waals surface area contributed by atoms with E-state index in [1.807, 2.05) is 49.1 Å². The van der Waals surface area contributed by atoms with Gasteiger partial charge in [0.15, 0.2) is 16.6 Å². The second-order valence-corrected chi connectivity index (χ2v) is 7.67. The number of hydrogen-bond acceptors (Lipinski definition) is 6. The Bertz CT molecular complexity index is 1080. The zero-order valence-electron chi connectivity index (χ0n) is 18.4. The van der Waals surface area contributed by atoms with Crippen LogP contribution in [0.4, 0.5) is 5.69 Å². The molecule has 8 nitrogen and oxygen atoms in total. The number of nitrogens with zero attached hydrogens (tertiary/aromatic N) is 2. The van der Waals surface area contributed by atoms with E-state index in [1.165, 1.54) is 20.1 Å². The molecule has 0 spiro atoms. The summed E-state index contributed by atoms with van der Waals surface area (Å²) in [6.45, 7) is 5.97. The van der Waals surface area contributed by atoms with Gasteiger partial charge >= 0.3 is 5.69 Å². The Morgan fingerprint density at radius 3 is 2.53 bits per heavy atom. The largest absolute Gasteiger partial charge is 0.493 e. The summed E-state index contributed by atoms with van der Waals surface area (Å²) in [5.74, 6) is 0.0899. The number of nitrogens with one attached hydrogen (secondary N) is 1. The summed E-state index contributed by atoms with van der Waals surface area (Å²) in [5, 5.41) is 15.5. The van der Waals surface area contributed by atoms with Crippen molar-refractivity contribution < 1.29 is 19.2 Å². The highest BCUT2D eigenvalue weighted by Crippen LogP contribution is 2.42. The van der Waals surface area contributed by atoms with Gasteiger partial charge in [0.1, 0.15) is 6.61 Å². The smallest absolute Gasteiger partial charge is 0.315 e. The van der Waals surface area contributed by atoms with Gasteiger partial charge in [0.2, 0.25) is 5.75 Å². The Labute approximate surface area is 192 Å². The number of rotatable bonds is 8. The molecular formula is C23H25N3O5S. The van der Waals surface area contributed by atoms with Gasteiger partial charge in [0.05, 0.1) is 18.1 Å². The van der Waals surface area contributed by atoms with Crippen molar-refractivity contribution >= 4 is 28.8 Å². The number of nitro groups is 1. The van der Waals surface area contributed by atoms with E-state index in [0.29, 0.717) is 22.8 Å². The van der Waals surface area contributed by atoms with E-state index in [9.17, 15) is 14.9 Å². The summed E-state index contributed by atoms with van der Waals surface area (Å²) in [7, 11) is 1.42. The van der Waals surface area contributed by atoms with Crippen LogP contribution in [-0.4, -0.2) is 34.4 Å². The molecule has 32 heavy (non-hydrogen) atoms. The van der Waals surface area contributed by atoms with E-state index in [2.05, 4.69) is 5.32 Å². The molecule has 1 heterocycles. The van der Waals surface area contributed by atoms with Crippen molar-refractivity contribution in [3.63, 3.8) is 0 Å². The minimum Gasteiger partial charge on any atom is -0.493 e. The van der Waals surface area contributed by atoms with Crippen molar-refractivity contribution in [1.82, 2.24) is 10.2 Å². The lowest BCUT2D eigenvalue weighted by Crippen LogP contribution is -2.47. The van der Waals surface area contributed by atoms with Crippen molar-refractivity contribution in [2.24, 2.45) is 0 Å². The zero-order valence-corrected chi connectivity index (χ0v) is 19.2. The molecule has 0 amide bonds. The maximum atomic E-state index is 12.5. The fourth-order valence-corrected chi connectivity index (χ4v) is 4.19. The highest BCUT2D eigenvalue weighted by Gasteiger charge is 2.34. The molecule has 1 aliphatic rings. The van der Waals surface area contributed by atoms with E-state index in [0.717, 1.165) is 11.3 Å². The van der Waals surface area contributed by atoms with Gasteiger partial charge in [-0.3, -0.25) is 14.9 Å². The van der Waals surface area contributed by atoms with Gasteiger partial charge in [0, 0.05) is 23.9 Å². The predicted molar refractivity (Wildman–Crippen MR) is 125 cm³/mol. The van der Waals surface area contributed by atoms with Crippen LogP contribution in [0.1, 0.15) is 37.9 Å². The Balaban J connectivity index is 2.08. The number of nitro benzene ring substituents is 1. The monoisotopic (exact) mass is 455 g/mol. The minimum absolute atomic E-state index is 0.0313. The molecule has 0 saturated heterocycles. The van der Waals surface area contributed by atoms with E-state index < -0.39 is 11.0 Å². The number of carbonyl (C=O) groups excluding carboxylic acids is 1. The van der Waals surface area contributed by atoms with E-state index in [1.54, 1.807) is 6.07 Å². The first kappa shape index (κ1) is 23.2. The summed E-state index contributed by atoms with van der Waals surface area (Å²) in [5.41, 5.74) is 2.32. The Morgan fingerprint density at radius 1 is 1.28 bits per heavy atom. The lowest BCUT2D eigenvalue weighted by molar-refractivity contribution is -0.386. The van der Waals surface area contributed by atoms with Crippen LogP contribution in [0.2, 0.25) is 0 Å². The molecule has 0 saturated carbocycles. The summed E-state index contributed by atoms with van der Waals surface area (Å²) < 4.78 is 11.2. The summed E-state index contributed by atoms with van der Waals surface area (Å²) in [6.07, 6.45) is 0. The number of Topliss-reactive ketones (excluding diaryl/α,β-unsaturated/α-hetero) is 1. The van der Waals surface area contributed by atoms with Crippen LogP contribution >= 0.6 is 12.2 Å². The molecular weight excluding hydrogens is 430 g/mol. The average molecular weight is 456 g/mol. The summed E-state index contributed by atoms with van der Waals surface area (Å²) in [6, 6.07) is 11.7. The Morgan fingerprint density at radius 2 is 1.97 bits per heavy atom. The quantitative estimate of drug-likeness (QED) is 0.358. The topological polar surface area (TPSA) is 93.9 Å². The molecule has 0 bridgehead atoms. The third kappa shape index (κ3) is 4.57. The molecule has 1 aliphatic heterocycles. The number of thiocarbonyl (C=S) groups is 1. The highest BCUT2D eigenvalue weighted by atomic mass is 32.1. The van der Waals surface area contributed by atoms with Crippen LogP contribution in [0, 0.1) is 10.1 Å². The van der Waals surface area contributed by atoms with E-state index >= 15 is 0 Å². The molecule has 1 unspecified atom stereocenters. The molecule has 2 aromatic rings. The number of carbonyl (C=O) groups is 1. The molecule has 1 atom stereocenters. The van der Waals surface area contributed by atoms with Crippen LogP contribution in [0.5, 0.6) is 11.5 Å². The molecule has 168 valence electrons. The van der Waals surface area contributed by atoms with Crippen molar-refractivity contribution in [2.75, 3.05) is 13.7 Å².